The summed E-state index contributed by atoms with van der Waals surface area (Å²) in [5.41, 5.74) is 6.36. The zero-order chi connectivity index (χ0) is 8.69. The molecule has 0 aliphatic heterocycles. The number of nitrogens with zero attached hydrogens (tertiary/aromatic N) is 2. The first-order valence-electron chi connectivity index (χ1n) is 3.63. The molecule has 2 N–H and O–H groups in total. The lowest BCUT2D eigenvalue weighted by Gasteiger charge is -2.14. The minimum atomic E-state index is 0.525. The number of rotatable bonds is 5. The molecule has 0 amide bonds. The lowest BCUT2D eigenvalue weighted by Crippen LogP contribution is -2.24. The van der Waals surface area contributed by atoms with Crippen LogP contribution in [0.25, 0.3) is 0 Å². The molecule has 0 atom stereocenters. The molecule has 62 valence electrons. The van der Waals surface area contributed by atoms with Crippen molar-refractivity contribution in [2.75, 3.05) is 26.7 Å². The summed E-state index contributed by atoms with van der Waals surface area (Å²) < 4.78 is 0. The lowest BCUT2D eigenvalue weighted by atomic mass is 10.3. The topological polar surface area (TPSA) is 53.0 Å². The van der Waals surface area contributed by atoms with Crippen LogP contribution in [-0.2, 0) is 0 Å². The molecule has 0 aliphatic carbocycles. The van der Waals surface area contributed by atoms with Crippen molar-refractivity contribution in [1.29, 1.82) is 5.26 Å². The molecule has 0 rings (SSSR count). The van der Waals surface area contributed by atoms with Crippen molar-refractivity contribution in [2.45, 2.75) is 6.42 Å². The van der Waals surface area contributed by atoms with Gasteiger partial charge < -0.3 is 10.6 Å². The van der Waals surface area contributed by atoms with E-state index < -0.39 is 0 Å². The van der Waals surface area contributed by atoms with Crippen molar-refractivity contribution in [3.8, 4) is 6.07 Å². The summed E-state index contributed by atoms with van der Waals surface area (Å²) >= 11 is 0. The molecule has 0 spiro atoms. The van der Waals surface area contributed by atoms with Crippen LogP contribution in [0.4, 0.5) is 0 Å². The quantitative estimate of drug-likeness (QED) is 0.580. The first kappa shape index (κ1) is 10.2. The molecule has 0 saturated carbocycles. The van der Waals surface area contributed by atoms with Gasteiger partial charge in [-0.2, -0.15) is 5.26 Å². The summed E-state index contributed by atoms with van der Waals surface area (Å²) in [6.07, 6.45) is 0.564. The van der Waals surface area contributed by atoms with E-state index in [-0.39, 0.29) is 0 Å². The second kappa shape index (κ2) is 5.90. The van der Waals surface area contributed by atoms with Crippen LogP contribution >= 0.6 is 0 Å². The number of hydrogen-bond donors (Lipinski definition) is 1. The molecule has 0 bridgehead atoms. The van der Waals surface area contributed by atoms with Gasteiger partial charge in [-0.15, -0.1) is 0 Å². The molecule has 0 aromatic carbocycles. The van der Waals surface area contributed by atoms with E-state index >= 15 is 0 Å². The molecule has 0 aromatic heterocycles. The molecule has 0 radical (unpaired) electrons. The first-order valence-corrected chi connectivity index (χ1v) is 3.63. The zero-order valence-corrected chi connectivity index (χ0v) is 7.01. The number of hydrogen-bond acceptors (Lipinski definition) is 3. The Hall–Kier alpha value is -0.850. The molecule has 0 aromatic rings. The molecule has 0 aliphatic rings. The highest BCUT2D eigenvalue weighted by Crippen LogP contribution is 1.92. The van der Waals surface area contributed by atoms with Gasteiger partial charge in [-0.1, -0.05) is 6.58 Å². The summed E-state index contributed by atoms with van der Waals surface area (Å²) in [5, 5.41) is 8.28. The van der Waals surface area contributed by atoms with Crippen LogP contribution in [0.3, 0.4) is 0 Å². The maximum atomic E-state index is 8.28. The highest BCUT2D eigenvalue weighted by atomic mass is 15.1. The van der Waals surface area contributed by atoms with Crippen LogP contribution in [0.1, 0.15) is 6.42 Å². The fraction of sp³-hybridized carbons (Fsp3) is 0.625. The van der Waals surface area contributed by atoms with E-state index in [0.29, 0.717) is 13.0 Å². The Balaban J connectivity index is 3.45. The van der Waals surface area contributed by atoms with E-state index in [9.17, 15) is 0 Å². The summed E-state index contributed by atoms with van der Waals surface area (Å²) in [5.74, 6) is 0. The minimum absolute atomic E-state index is 0.525. The van der Waals surface area contributed by atoms with Gasteiger partial charge in [0.05, 0.1) is 6.07 Å². The third-order valence-electron chi connectivity index (χ3n) is 1.39. The predicted octanol–water partition coefficient (Wildman–Crippen LogP) is 0.347. The Kier molecular flexibility index (Phi) is 5.44. The number of nitriles is 1. The Bertz CT molecular complexity index is 157. The van der Waals surface area contributed by atoms with E-state index in [1.54, 1.807) is 0 Å². The molecule has 0 saturated heterocycles. The first-order chi connectivity index (χ1) is 5.20. The maximum Gasteiger partial charge on any atom is 0.0635 e. The Labute approximate surface area is 68.1 Å². The molecule has 0 fully saturated rings. The fourth-order valence-electron chi connectivity index (χ4n) is 0.766. The standard InChI is InChI=1S/C8H15N3/c1-8(6-10)7-11(2)5-3-4-9/h1,3,5-7,10H2,2H3. The van der Waals surface area contributed by atoms with Gasteiger partial charge in [-0.05, 0) is 12.6 Å². The number of likely N-dealkylation sites (N-methyl/N-ethyl adjacent to an activating group) is 1. The second-order valence-electron chi connectivity index (χ2n) is 2.60. The van der Waals surface area contributed by atoms with Crippen LogP contribution in [0.5, 0.6) is 0 Å². The summed E-state index contributed by atoms with van der Waals surface area (Å²) in [6.45, 7) is 5.87. The van der Waals surface area contributed by atoms with Crippen molar-refractivity contribution >= 4 is 0 Å². The third-order valence-corrected chi connectivity index (χ3v) is 1.39. The zero-order valence-electron chi connectivity index (χ0n) is 7.01. The maximum absolute atomic E-state index is 8.28. The largest absolute Gasteiger partial charge is 0.327 e. The Morgan fingerprint density at radius 2 is 2.36 bits per heavy atom. The van der Waals surface area contributed by atoms with E-state index in [4.69, 9.17) is 11.0 Å². The van der Waals surface area contributed by atoms with Crippen LogP contribution in [0.15, 0.2) is 12.2 Å². The smallest absolute Gasteiger partial charge is 0.0635 e. The Morgan fingerprint density at radius 3 is 2.82 bits per heavy atom. The monoisotopic (exact) mass is 153 g/mol. The predicted molar refractivity (Wildman–Crippen MR) is 45.9 cm³/mol. The third kappa shape index (κ3) is 5.59. The van der Waals surface area contributed by atoms with Crippen molar-refractivity contribution in [3.05, 3.63) is 12.2 Å². The van der Waals surface area contributed by atoms with Crippen molar-refractivity contribution in [3.63, 3.8) is 0 Å². The van der Waals surface area contributed by atoms with Gasteiger partial charge in [0, 0.05) is 26.1 Å². The van der Waals surface area contributed by atoms with Gasteiger partial charge in [0.1, 0.15) is 0 Å². The minimum Gasteiger partial charge on any atom is -0.327 e. The Morgan fingerprint density at radius 1 is 1.73 bits per heavy atom. The van der Waals surface area contributed by atoms with E-state index in [1.165, 1.54) is 0 Å². The number of nitrogens with two attached hydrogens (primary N) is 1. The molecule has 3 heteroatoms. The van der Waals surface area contributed by atoms with Gasteiger partial charge in [0.25, 0.3) is 0 Å². The summed E-state index contributed by atoms with van der Waals surface area (Å²) in [6, 6.07) is 2.09. The van der Waals surface area contributed by atoms with Crippen LogP contribution in [0.2, 0.25) is 0 Å². The SMILES string of the molecule is C=C(CN)CN(C)CCC#N. The molecule has 0 heterocycles. The van der Waals surface area contributed by atoms with Gasteiger partial charge in [0.2, 0.25) is 0 Å². The van der Waals surface area contributed by atoms with E-state index in [2.05, 4.69) is 12.6 Å². The van der Waals surface area contributed by atoms with Crippen LogP contribution in [0, 0.1) is 11.3 Å². The second-order valence-corrected chi connectivity index (χ2v) is 2.60. The molecular formula is C8H15N3. The highest BCUT2D eigenvalue weighted by molar-refractivity contribution is 4.98. The van der Waals surface area contributed by atoms with Crippen molar-refractivity contribution in [1.82, 2.24) is 4.90 Å². The van der Waals surface area contributed by atoms with Crippen molar-refractivity contribution < 1.29 is 0 Å². The summed E-state index contributed by atoms with van der Waals surface area (Å²) in [7, 11) is 1.96. The highest BCUT2D eigenvalue weighted by Gasteiger charge is 1.98. The van der Waals surface area contributed by atoms with Crippen LogP contribution < -0.4 is 5.73 Å². The average Bonchev–Trinajstić information content (AvgIpc) is 2.00. The van der Waals surface area contributed by atoms with Gasteiger partial charge in [-0.25, -0.2) is 0 Å². The van der Waals surface area contributed by atoms with Gasteiger partial charge in [0.15, 0.2) is 0 Å². The summed E-state index contributed by atoms with van der Waals surface area (Å²) in [4.78, 5) is 2.04. The fourth-order valence-corrected chi connectivity index (χ4v) is 0.766. The normalized spacial score (nSPS) is 9.64. The van der Waals surface area contributed by atoms with Gasteiger partial charge >= 0.3 is 0 Å². The molecule has 3 nitrogen and oxygen atoms in total. The van der Waals surface area contributed by atoms with Crippen molar-refractivity contribution in [2.24, 2.45) is 5.73 Å². The van der Waals surface area contributed by atoms with Crippen LogP contribution in [-0.4, -0.2) is 31.6 Å². The molecule has 0 unspecified atom stereocenters. The molecular weight excluding hydrogens is 138 g/mol. The average molecular weight is 153 g/mol. The molecule has 11 heavy (non-hydrogen) atoms. The lowest BCUT2D eigenvalue weighted by molar-refractivity contribution is 0.370. The van der Waals surface area contributed by atoms with Gasteiger partial charge in [-0.3, -0.25) is 0 Å². The van der Waals surface area contributed by atoms with E-state index in [1.807, 2.05) is 11.9 Å². The van der Waals surface area contributed by atoms with E-state index in [0.717, 1.165) is 18.7 Å².